The summed E-state index contributed by atoms with van der Waals surface area (Å²) in [5, 5.41) is 0. The van der Waals surface area contributed by atoms with E-state index in [0.717, 1.165) is 12.1 Å². The third kappa shape index (κ3) is 4.14. The Kier molecular flexibility index (Phi) is 6.62. The summed E-state index contributed by atoms with van der Waals surface area (Å²) in [5.41, 5.74) is 11.4. The second-order valence-electron chi connectivity index (χ2n) is 8.82. The maximum Gasteiger partial charge on any atom is 0.338 e. The molecule has 2 bridgehead atoms. The molecule has 1 aromatic heterocycles. The lowest BCUT2D eigenvalue weighted by molar-refractivity contribution is 0.0599. The van der Waals surface area contributed by atoms with Crippen molar-refractivity contribution in [2.45, 2.75) is 25.8 Å². The predicted molar refractivity (Wildman–Crippen MR) is 136 cm³/mol. The Bertz CT molecular complexity index is 1200. The minimum atomic E-state index is -0.442. The largest absolute Gasteiger partial charge is 0.499 e. The van der Waals surface area contributed by atoms with Gasteiger partial charge in [0.05, 0.1) is 31.8 Å². The molecule has 1 aromatic carbocycles. The number of methoxy groups -OCH3 is 2. The van der Waals surface area contributed by atoms with E-state index >= 15 is 0 Å². The van der Waals surface area contributed by atoms with Crippen molar-refractivity contribution in [2.75, 3.05) is 34.3 Å². The van der Waals surface area contributed by atoms with Gasteiger partial charge in [-0.05, 0) is 62.4 Å². The van der Waals surface area contributed by atoms with Crippen LogP contribution in [0.2, 0.25) is 0 Å². The van der Waals surface area contributed by atoms with Crippen molar-refractivity contribution < 1.29 is 19.0 Å². The van der Waals surface area contributed by atoms with Gasteiger partial charge in [0, 0.05) is 30.1 Å². The van der Waals surface area contributed by atoms with Gasteiger partial charge in [0.15, 0.2) is 0 Å². The van der Waals surface area contributed by atoms with Gasteiger partial charge in [0.25, 0.3) is 7.41 Å². The van der Waals surface area contributed by atoms with E-state index in [-0.39, 0.29) is 0 Å². The molecule has 1 unspecified atom stereocenters. The number of carbonyl (C=O) groups is 1. The molecule has 0 amide bonds. The van der Waals surface area contributed by atoms with E-state index in [1.54, 1.807) is 13.2 Å². The zero-order valence-electron chi connectivity index (χ0n) is 20.6. The number of fused-ring (bicyclic) bond motifs is 4. The third-order valence-electron chi connectivity index (χ3n) is 6.69. The quantitative estimate of drug-likeness (QED) is 0.557. The molecule has 2 aliphatic rings. The average molecular weight is 461 g/mol. The number of benzene rings is 1. The normalized spacial score (nSPS) is 22.6. The van der Waals surface area contributed by atoms with Gasteiger partial charge in [0.1, 0.15) is 11.5 Å². The molecule has 7 nitrogen and oxygen atoms in total. The number of allylic oxidation sites excluding steroid dienone is 1. The molecule has 4 rings (SSSR count). The number of carbonyl (C=O) groups excluding carboxylic acids is 1. The molecule has 1 atom stereocenters. The Hall–Kier alpha value is -3.39. The first-order chi connectivity index (χ1) is 16.3. The lowest BCUT2D eigenvalue weighted by atomic mass is 9.93. The highest BCUT2D eigenvalue weighted by atomic mass is 16.5. The molecular formula is C26H32BN3O4. The molecule has 0 fully saturated rings. The first kappa shape index (κ1) is 23.8. The van der Waals surface area contributed by atoms with Crippen LogP contribution in [0, 0.1) is 0 Å². The van der Waals surface area contributed by atoms with Crippen molar-refractivity contribution in [3.63, 3.8) is 0 Å². The second-order valence-corrected chi connectivity index (χ2v) is 8.82. The van der Waals surface area contributed by atoms with Crippen molar-refractivity contribution in [1.29, 1.82) is 0 Å². The van der Waals surface area contributed by atoms with Gasteiger partial charge < -0.3 is 29.3 Å². The number of likely N-dealkylation sites (N-methyl/N-ethyl adjacent to an activating group) is 1. The van der Waals surface area contributed by atoms with Crippen LogP contribution in [0.4, 0.5) is 0 Å². The van der Waals surface area contributed by atoms with Gasteiger partial charge in [-0.25, -0.2) is 4.79 Å². The minimum absolute atomic E-state index is 0.397. The van der Waals surface area contributed by atoms with Crippen molar-refractivity contribution in [3.05, 3.63) is 70.7 Å². The molecule has 0 spiro atoms. The molecule has 8 heteroatoms. The Morgan fingerprint density at radius 2 is 2.12 bits per heavy atom. The van der Waals surface area contributed by atoms with E-state index in [1.807, 2.05) is 12.1 Å². The van der Waals surface area contributed by atoms with Crippen molar-refractivity contribution >= 4 is 25.0 Å². The summed E-state index contributed by atoms with van der Waals surface area (Å²) in [6.07, 6.45) is 9.12. The maximum absolute atomic E-state index is 12.7. The first-order valence-corrected chi connectivity index (χ1v) is 11.5. The Morgan fingerprint density at radius 1 is 1.32 bits per heavy atom. The smallest absolute Gasteiger partial charge is 0.338 e. The number of hydrogen-bond acceptors (Lipinski definition) is 6. The van der Waals surface area contributed by atoms with Gasteiger partial charge in [-0.2, -0.15) is 0 Å². The van der Waals surface area contributed by atoms with Crippen LogP contribution in [0.1, 0.15) is 41.9 Å². The van der Waals surface area contributed by atoms with Crippen LogP contribution in [0.25, 0.3) is 11.6 Å². The monoisotopic (exact) mass is 461 g/mol. The lowest BCUT2D eigenvalue weighted by Crippen LogP contribution is -2.36. The Morgan fingerprint density at radius 3 is 2.82 bits per heavy atom. The van der Waals surface area contributed by atoms with E-state index < -0.39 is 11.5 Å². The molecule has 2 N–H and O–H groups in total. The zero-order chi connectivity index (χ0) is 24.5. The lowest BCUT2D eigenvalue weighted by Gasteiger charge is -2.33. The highest BCUT2D eigenvalue weighted by Crippen LogP contribution is 2.41. The number of esters is 1. The van der Waals surface area contributed by atoms with Gasteiger partial charge in [0.2, 0.25) is 0 Å². The molecular weight excluding hydrogens is 429 g/mol. The van der Waals surface area contributed by atoms with Crippen LogP contribution in [0.5, 0.6) is 11.5 Å². The van der Waals surface area contributed by atoms with E-state index in [0.29, 0.717) is 43.1 Å². The summed E-state index contributed by atoms with van der Waals surface area (Å²) in [5.74, 6) is 0.666. The highest BCUT2D eigenvalue weighted by Gasteiger charge is 2.35. The van der Waals surface area contributed by atoms with Crippen molar-refractivity contribution in [1.82, 2.24) is 9.38 Å². The second kappa shape index (κ2) is 9.47. The summed E-state index contributed by atoms with van der Waals surface area (Å²) in [4.78, 5) is 14.9. The van der Waals surface area contributed by atoms with Crippen LogP contribution < -0.4 is 15.2 Å². The van der Waals surface area contributed by atoms with Crippen LogP contribution in [-0.4, -0.2) is 62.6 Å². The SMILES string of the molecule is COC(=O)c1cc(OC)cc2c1/C=C/C1(C)C=C(C)/C(=C(\CCN)c3cccn3BCO2)N1C. The topological polar surface area (TPSA) is 78.9 Å². The molecule has 0 radical (unpaired) electrons. The number of hydrogen-bond donors (Lipinski definition) is 1. The van der Waals surface area contributed by atoms with Gasteiger partial charge in [-0.3, -0.25) is 0 Å². The van der Waals surface area contributed by atoms with Gasteiger partial charge >= 0.3 is 5.97 Å². The third-order valence-corrected chi connectivity index (χ3v) is 6.69. The first-order valence-electron chi connectivity index (χ1n) is 11.5. The summed E-state index contributed by atoms with van der Waals surface area (Å²) in [6, 6.07) is 7.69. The number of ether oxygens (including phenoxy) is 3. The van der Waals surface area contributed by atoms with E-state index in [9.17, 15) is 4.79 Å². The number of aromatic nitrogens is 1. The molecule has 0 saturated heterocycles. The zero-order valence-corrected chi connectivity index (χ0v) is 20.6. The number of rotatable bonds is 4. The standard InChI is InChI=1S/C26H32BN3O4/c1-17-15-26(2)10-8-19-21(25(31)33-5)13-18(32-4)14-23(19)34-16-27-30-12-6-7-22(30)20(9-11-28)24(17)29(26)3/h6-8,10,12-15,27H,9,11,16,28H2,1-5H3/b10-8+,24-20-. The molecule has 3 heterocycles. The van der Waals surface area contributed by atoms with E-state index in [2.05, 4.69) is 60.8 Å². The molecule has 2 aromatic rings. The Balaban J connectivity index is 1.94. The fourth-order valence-corrected chi connectivity index (χ4v) is 4.90. The van der Waals surface area contributed by atoms with Crippen LogP contribution in [0.3, 0.4) is 0 Å². The fourth-order valence-electron chi connectivity index (χ4n) is 4.90. The summed E-state index contributed by atoms with van der Waals surface area (Å²) in [7, 11) is 5.68. The molecule has 0 aliphatic carbocycles. The van der Waals surface area contributed by atoms with Crippen molar-refractivity contribution in [3.8, 4) is 11.5 Å². The van der Waals surface area contributed by atoms with Crippen molar-refractivity contribution in [2.24, 2.45) is 5.73 Å². The summed E-state index contributed by atoms with van der Waals surface area (Å²) < 4.78 is 18.9. The Labute approximate surface area is 201 Å². The van der Waals surface area contributed by atoms with E-state index in [1.165, 1.54) is 24.0 Å². The van der Waals surface area contributed by atoms with Gasteiger partial charge in [-0.15, -0.1) is 0 Å². The molecule has 178 valence electrons. The van der Waals surface area contributed by atoms with Gasteiger partial charge in [-0.1, -0.05) is 18.2 Å². The average Bonchev–Trinajstić information content (AvgIpc) is 3.37. The number of nitrogens with zero attached hydrogens (tertiary/aromatic N) is 2. The fraction of sp³-hybridized carbons (Fsp3) is 0.346. The van der Waals surface area contributed by atoms with Crippen LogP contribution >= 0.6 is 0 Å². The molecule has 2 aliphatic heterocycles. The highest BCUT2D eigenvalue weighted by molar-refractivity contribution is 6.34. The molecule has 0 saturated carbocycles. The predicted octanol–water partition coefficient (Wildman–Crippen LogP) is 3.26. The number of nitrogens with two attached hydrogens (primary N) is 1. The van der Waals surface area contributed by atoms with Crippen LogP contribution in [-0.2, 0) is 4.74 Å². The van der Waals surface area contributed by atoms with E-state index in [4.69, 9.17) is 19.9 Å². The minimum Gasteiger partial charge on any atom is -0.499 e. The molecule has 34 heavy (non-hydrogen) atoms. The summed E-state index contributed by atoms with van der Waals surface area (Å²) in [6.45, 7) is 5.27. The van der Waals surface area contributed by atoms with Crippen LogP contribution in [0.15, 0.2) is 53.9 Å². The summed E-state index contributed by atoms with van der Waals surface area (Å²) >= 11 is 0. The maximum atomic E-state index is 12.7.